The Balaban J connectivity index is 1.55. The lowest BCUT2D eigenvalue weighted by atomic mass is 10.1. The van der Waals surface area contributed by atoms with Gasteiger partial charge in [-0.3, -0.25) is 9.47 Å². The van der Waals surface area contributed by atoms with Crippen LogP contribution < -0.4 is 5.76 Å². The summed E-state index contributed by atoms with van der Waals surface area (Å²) in [5, 5.41) is 4.13. The molecule has 0 amide bonds. The number of hydrogen-bond acceptors (Lipinski definition) is 5. The normalized spacial score (nSPS) is 12.7. The molecule has 4 rings (SSSR count). The number of hydrogen-bond donors (Lipinski definition) is 0. The fourth-order valence-corrected chi connectivity index (χ4v) is 3.00. The number of benzene rings is 2. The second-order valence-electron chi connectivity index (χ2n) is 6.27. The first kappa shape index (κ1) is 16.3. The molecule has 0 saturated carbocycles. The summed E-state index contributed by atoms with van der Waals surface area (Å²) in [5.41, 5.74) is 3.52. The quantitative estimate of drug-likeness (QED) is 0.554. The van der Waals surface area contributed by atoms with Crippen molar-refractivity contribution in [3.8, 4) is 5.69 Å². The minimum Gasteiger partial charge on any atom is -0.408 e. The van der Waals surface area contributed by atoms with Gasteiger partial charge in [-0.05, 0) is 43.8 Å². The Hall–Kier alpha value is -3.19. The molecule has 0 aliphatic heterocycles. The van der Waals surface area contributed by atoms with E-state index >= 15 is 0 Å². The first-order valence-electron chi connectivity index (χ1n) is 8.37. The van der Waals surface area contributed by atoms with Gasteiger partial charge in [-0.25, -0.2) is 14.5 Å². The molecule has 4 aromatic rings. The maximum atomic E-state index is 12.2. The van der Waals surface area contributed by atoms with Crippen molar-refractivity contribution < 1.29 is 4.42 Å². The van der Waals surface area contributed by atoms with Crippen LogP contribution in [-0.4, -0.2) is 31.3 Å². The van der Waals surface area contributed by atoms with E-state index in [1.165, 1.54) is 6.33 Å². The van der Waals surface area contributed by atoms with E-state index in [2.05, 4.69) is 34.0 Å². The maximum absolute atomic E-state index is 12.2. The van der Waals surface area contributed by atoms with Crippen molar-refractivity contribution in [3.05, 3.63) is 77.3 Å². The summed E-state index contributed by atoms with van der Waals surface area (Å²) in [6.45, 7) is 2.56. The lowest BCUT2D eigenvalue weighted by Crippen LogP contribution is -2.29. The highest BCUT2D eigenvalue weighted by molar-refractivity contribution is 5.72. The van der Waals surface area contributed by atoms with E-state index in [0.717, 1.165) is 16.8 Å². The van der Waals surface area contributed by atoms with E-state index in [4.69, 9.17) is 4.42 Å². The predicted octanol–water partition coefficient (Wildman–Crippen LogP) is 2.83. The van der Waals surface area contributed by atoms with Crippen LogP contribution in [0.3, 0.4) is 0 Å². The molecule has 0 N–H and O–H groups in total. The van der Waals surface area contributed by atoms with E-state index in [1.54, 1.807) is 21.6 Å². The molecule has 0 saturated heterocycles. The Kier molecular flexibility index (Phi) is 4.14. The molecule has 0 fully saturated rings. The smallest absolute Gasteiger partial charge is 0.408 e. The summed E-state index contributed by atoms with van der Waals surface area (Å²) in [5.74, 6) is -0.341. The standard InChI is InChI=1S/C19H19N5O2/c1-14(15-7-9-16(10-8-15)24-12-20-11-21-24)22(2)13-23-17-5-3-4-6-18(17)26-19(23)25/h3-12,14H,13H2,1-2H3/t14-/m0/s1. The van der Waals surface area contributed by atoms with Gasteiger partial charge in [-0.15, -0.1) is 0 Å². The van der Waals surface area contributed by atoms with Crippen LogP contribution in [0.25, 0.3) is 16.8 Å². The Labute approximate surface area is 150 Å². The topological polar surface area (TPSA) is 69.1 Å². The minimum atomic E-state index is -0.341. The molecule has 7 nitrogen and oxygen atoms in total. The average molecular weight is 349 g/mol. The van der Waals surface area contributed by atoms with Crippen molar-refractivity contribution in [3.63, 3.8) is 0 Å². The van der Waals surface area contributed by atoms with Gasteiger partial charge in [-0.2, -0.15) is 5.10 Å². The number of nitrogens with zero attached hydrogens (tertiary/aromatic N) is 5. The van der Waals surface area contributed by atoms with Crippen LogP contribution in [-0.2, 0) is 6.67 Å². The van der Waals surface area contributed by atoms with Crippen LogP contribution in [0.4, 0.5) is 0 Å². The van der Waals surface area contributed by atoms with Crippen molar-refractivity contribution in [1.82, 2.24) is 24.2 Å². The van der Waals surface area contributed by atoms with Gasteiger partial charge in [0.25, 0.3) is 0 Å². The van der Waals surface area contributed by atoms with Crippen molar-refractivity contribution in [2.45, 2.75) is 19.6 Å². The molecule has 1 atom stereocenters. The van der Waals surface area contributed by atoms with Crippen LogP contribution in [0.15, 0.2) is 70.4 Å². The second kappa shape index (κ2) is 6.61. The number of aromatic nitrogens is 4. The van der Waals surface area contributed by atoms with Gasteiger partial charge in [0.1, 0.15) is 12.7 Å². The lowest BCUT2D eigenvalue weighted by Gasteiger charge is -2.25. The summed E-state index contributed by atoms with van der Waals surface area (Å²) in [4.78, 5) is 18.2. The van der Waals surface area contributed by atoms with Crippen LogP contribution in [0.2, 0.25) is 0 Å². The Morgan fingerprint density at radius 2 is 1.92 bits per heavy atom. The Morgan fingerprint density at radius 1 is 1.15 bits per heavy atom. The fourth-order valence-electron chi connectivity index (χ4n) is 3.00. The molecule has 2 aromatic carbocycles. The van der Waals surface area contributed by atoms with Crippen molar-refractivity contribution in [2.75, 3.05) is 7.05 Å². The second-order valence-corrected chi connectivity index (χ2v) is 6.27. The molecule has 0 aliphatic carbocycles. The number of fused-ring (bicyclic) bond motifs is 1. The summed E-state index contributed by atoms with van der Waals surface area (Å²) < 4.78 is 8.67. The monoisotopic (exact) mass is 349 g/mol. The molecular formula is C19H19N5O2. The molecule has 0 radical (unpaired) electrons. The first-order valence-corrected chi connectivity index (χ1v) is 8.37. The maximum Gasteiger partial charge on any atom is 0.421 e. The van der Waals surface area contributed by atoms with Gasteiger partial charge in [0.15, 0.2) is 5.58 Å². The zero-order valence-electron chi connectivity index (χ0n) is 14.6. The van der Waals surface area contributed by atoms with Gasteiger partial charge < -0.3 is 4.42 Å². The Bertz CT molecular complexity index is 1060. The van der Waals surface area contributed by atoms with Crippen molar-refractivity contribution >= 4 is 11.1 Å². The first-order chi connectivity index (χ1) is 12.6. The molecule has 0 unspecified atom stereocenters. The van der Waals surface area contributed by atoms with E-state index in [0.29, 0.717) is 12.3 Å². The minimum absolute atomic E-state index is 0.125. The number of rotatable bonds is 5. The number of para-hydroxylation sites is 2. The zero-order chi connectivity index (χ0) is 18.1. The molecule has 132 valence electrons. The van der Waals surface area contributed by atoms with E-state index in [1.807, 2.05) is 37.4 Å². The van der Waals surface area contributed by atoms with Crippen molar-refractivity contribution in [2.24, 2.45) is 0 Å². The Morgan fingerprint density at radius 3 is 2.65 bits per heavy atom. The van der Waals surface area contributed by atoms with Gasteiger partial charge in [0, 0.05) is 6.04 Å². The summed E-state index contributed by atoms with van der Waals surface area (Å²) in [7, 11) is 1.99. The zero-order valence-corrected chi connectivity index (χ0v) is 14.6. The van der Waals surface area contributed by atoms with Gasteiger partial charge >= 0.3 is 5.76 Å². The molecular weight excluding hydrogens is 330 g/mol. The van der Waals surface area contributed by atoms with Crippen LogP contribution >= 0.6 is 0 Å². The highest BCUT2D eigenvalue weighted by atomic mass is 16.4. The molecule has 0 spiro atoms. The summed E-state index contributed by atoms with van der Waals surface area (Å²) in [6, 6.07) is 15.7. The van der Waals surface area contributed by atoms with Crippen LogP contribution in [0.5, 0.6) is 0 Å². The highest BCUT2D eigenvalue weighted by Crippen LogP contribution is 2.21. The van der Waals surface area contributed by atoms with Gasteiger partial charge in [-0.1, -0.05) is 24.3 Å². The van der Waals surface area contributed by atoms with E-state index in [-0.39, 0.29) is 11.8 Å². The van der Waals surface area contributed by atoms with Crippen LogP contribution in [0.1, 0.15) is 18.5 Å². The average Bonchev–Trinajstić information content (AvgIpc) is 3.30. The van der Waals surface area contributed by atoms with Crippen LogP contribution in [0, 0.1) is 0 Å². The summed E-state index contributed by atoms with van der Waals surface area (Å²) >= 11 is 0. The molecule has 0 bridgehead atoms. The SMILES string of the molecule is C[C@@H](c1ccc(-n2cncn2)cc1)N(C)Cn1c(=O)oc2ccccc21. The largest absolute Gasteiger partial charge is 0.421 e. The molecule has 26 heavy (non-hydrogen) atoms. The third-order valence-corrected chi connectivity index (χ3v) is 4.66. The molecule has 2 heterocycles. The molecule has 2 aromatic heterocycles. The lowest BCUT2D eigenvalue weighted by molar-refractivity contribution is 0.202. The van der Waals surface area contributed by atoms with E-state index in [9.17, 15) is 4.79 Å². The fraction of sp³-hybridized carbons (Fsp3) is 0.211. The van der Waals surface area contributed by atoms with E-state index < -0.39 is 0 Å². The van der Waals surface area contributed by atoms with Gasteiger partial charge in [0.05, 0.1) is 17.9 Å². The highest BCUT2D eigenvalue weighted by Gasteiger charge is 2.16. The third kappa shape index (κ3) is 2.93. The third-order valence-electron chi connectivity index (χ3n) is 4.66. The number of oxazole rings is 1. The molecule has 7 heteroatoms. The van der Waals surface area contributed by atoms with Gasteiger partial charge in [0.2, 0.25) is 0 Å². The molecule has 0 aliphatic rings. The van der Waals surface area contributed by atoms with Crippen molar-refractivity contribution in [1.29, 1.82) is 0 Å². The predicted molar refractivity (Wildman–Crippen MR) is 98.0 cm³/mol. The summed E-state index contributed by atoms with van der Waals surface area (Å²) in [6.07, 6.45) is 3.18.